The Bertz CT molecular complexity index is 983. The third-order valence-corrected chi connectivity index (χ3v) is 6.16. The Balaban J connectivity index is 1.40. The number of aliphatic imine (C=N–C) groups is 1. The van der Waals surface area contributed by atoms with E-state index in [4.69, 9.17) is 4.99 Å². The molecule has 2 aliphatic rings. The summed E-state index contributed by atoms with van der Waals surface area (Å²) in [6, 6.07) is 25.2. The molecule has 0 saturated heterocycles. The largest absolute Gasteiger partial charge is 0.365 e. The first kappa shape index (κ1) is 16.6. The Morgan fingerprint density at radius 3 is 2.48 bits per heavy atom. The van der Waals surface area contributed by atoms with Crippen LogP contribution in [-0.4, -0.2) is 17.9 Å². The molecule has 1 saturated carbocycles. The van der Waals surface area contributed by atoms with Gasteiger partial charge in [0.1, 0.15) is 5.84 Å². The fourth-order valence-corrected chi connectivity index (χ4v) is 4.71. The van der Waals surface area contributed by atoms with Crippen molar-refractivity contribution in [1.82, 2.24) is 5.32 Å². The van der Waals surface area contributed by atoms with Crippen LogP contribution in [0.1, 0.15) is 42.4 Å². The number of aryl methyl sites for hydroxylation is 2. The summed E-state index contributed by atoms with van der Waals surface area (Å²) in [6.45, 7) is 0. The lowest BCUT2D eigenvalue weighted by atomic mass is 9.92. The highest BCUT2D eigenvalue weighted by atomic mass is 15.1. The van der Waals surface area contributed by atoms with Crippen LogP contribution in [0.4, 0.5) is 0 Å². The third-order valence-electron chi connectivity index (χ3n) is 6.16. The Hall–Kier alpha value is -2.61. The van der Waals surface area contributed by atoms with Crippen LogP contribution >= 0.6 is 0 Å². The molecule has 1 aliphatic heterocycles. The van der Waals surface area contributed by atoms with E-state index in [1.165, 1.54) is 53.1 Å². The van der Waals surface area contributed by atoms with Crippen LogP contribution < -0.4 is 5.32 Å². The fourth-order valence-electron chi connectivity index (χ4n) is 4.71. The van der Waals surface area contributed by atoms with Gasteiger partial charge in [0.2, 0.25) is 0 Å². The van der Waals surface area contributed by atoms with E-state index < -0.39 is 0 Å². The number of nitrogens with zero attached hydrogens (tertiary/aromatic N) is 1. The highest BCUT2D eigenvalue weighted by Crippen LogP contribution is 2.27. The minimum Gasteiger partial charge on any atom is -0.365 e. The average Bonchev–Trinajstić information content (AvgIpc) is 3.16. The number of fused-ring (bicyclic) bond motifs is 2. The maximum atomic E-state index is 5.05. The van der Waals surface area contributed by atoms with Crippen molar-refractivity contribution in [3.05, 3.63) is 83.4 Å². The number of benzene rings is 3. The maximum absolute atomic E-state index is 5.05. The first-order valence-corrected chi connectivity index (χ1v) is 10.3. The smallest absolute Gasteiger partial charge is 0.129 e. The van der Waals surface area contributed by atoms with Crippen LogP contribution in [-0.2, 0) is 12.8 Å². The Morgan fingerprint density at radius 1 is 0.778 bits per heavy atom. The molecule has 0 amide bonds. The average molecular weight is 354 g/mol. The van der Waals surface area contributed by atoms with Crippen LogP contribution in [0.2, 0.25) is 0 Å². The second-order valence-electron chi connectivity index (χ2n) is 7.88. The van der Waals surface area contributed by atoms with E-state index in [0.717, 1.165) is 18.7 Å². The molecule has 3 aromatic rings. The molecule has 1 heterocycles. The first-order valence-electron chi connectivity index (χ1n) is 10.3. The third kappa shape index (κ3) is 3.25. The van der Waals surface area contributed by atoms with Gasteiger partial charge in [-0.2, -0.15) is 0 Å². The predicted octanol–water partition coefficient (Wildman–Crippen LogP) is 5.29. The number of rotatable bonds is 4. The van der Waals surface area contributed by atoms with Gasteiger partial charge in [0, 0.05) is 11.6 Å². The molecule has 1 fully saturated rings. The predicted molar refractivity (Wildman–Crippen MR) is 114 cm³/mol. The number of nitrogens with one attached hydrogen (secondary N) is 1. The number of hydrogen-bond donors (Lipinski definition) is 1. The van der Waals surface area contributed by atoms with E-state index in [1.54, 1.807) is 0 Å². The van der Waals surface area contributed by atoms with Crippen molar-refractivity contribution in [2.45, 2.75) is 50.6 Å². The zero-order valence-corrected chi connectivity index (χ0v) is 15.7. The molecule has 2 nitrogen and oxygen atoms in total. The van der Waals surface area contributed by atoms with E-state index in [-0.39, 0.29) is 0 Å². The van der Waals surface area contributed by atoms with E-state index in [1.807, 2.05) is 0 Å². The first-order chi connectivity index (χ1) is 13.4. The van der Waals surface area contributed by atoms with E-state index in [2.05, 4.69) is 72.0 Å². The van der Waals surface area contributed by atoms with Crippen molar-refractivity contribution in [2.24, 2.45) is 4.99 Å². The molecule has 0 aromatic heterocycles. The standard InChI is InChI=1S/C25H26N2/c1-3-12-21-18(8-1)10-7-11-19(21)16-17-20-9-2-4-13-22(20)25-26-23-14-5-6-15-24(23)27-25/h1-4,7-13,23-24H,5-6,14-17H2,(H,26,27)/t23-,24-/m1/s1. The van der Waals surface area contributed by atoms with Crippen LogP contribution in [0.3, 0.4) is 0 Å². The summed E-state index contributed by atoms with van der Waals surface area (Å²) in [4.78, 5) is 5.05. The molecule has 1 aliphatic carbocycles. The van der Waals surface area contributed by atoms with Gasteiger partial charge in [-0.15, -0.1) is 0 Å². The lowest BCUT2D eigenvalue weighted by Gasteiger charge is -2.23. The van der Waals surface area contributed by atoms with Crippen molar-refractivity contribution in [1.29, 1.82) is 0 Å². The maximum Gasteiger partial charge on any atom is 0.129 e. The van der Waals surface area contributed by atoms with Gasteiger partial charge in [-0.25, -0.2) is 0 Å². The van der Waals surface area contributed by atoms with Crippen molar-refractivity contribution in [3.63, 3.8) is 0 Å². The highest BCUT2D eigenvalue weighted by Gasteiger charge is 2.31. The van der Waals surface area contributed by atoms with Crippen molar-refractivity contribution >= 4 is 16.6 Å². The summed E-state index contributed by atoms with van der Waals surface area (Å²) >= 11 is 0. The molecule has 27 heavy (non-hydrogen) atoms. The van der Waals surface area contributed by atoms with Gasteiger partial charge in [-0.3, -0.25) is 4.99 Å². The van der Waals surface area contributed by atoms with E-state index in [9.17, 15) is 0 Å². The molecule has 1 N–H and O–H groups in total. The zero-order chi connectivity index (χ0) is 18.1. The molecule has 5 rings (SSSR count). The van der Waals surface area contributed by atoms with Crippen LogP contribution in [0.15, 0.2) is 71.7 Å². The number of amidine groups is 1. The Morgan fingerprint density at radius 2 is 1.52 bits per heavy atom. The molecular formula is C25H26N2. The SMILES string of the molecule is c1ccc(C2=N[C@@H]3CCCC[C@H]3N2)c(CCc2cccc3ccccc23)c1. The van der Waals surface area contributed by atoms with Gasteiger partial charge in [0.15, 0.2) is 0 Å². The summed E-state index contributed by atoms with van der Waals surface area (Å²) < 4.78 is 0. The quantitative estimate of drug-likeness (QED) is 0.677. The van der Waals surface area contributed by atoms with Gasteiger partial charge in [-0.05, 0) is 47.6 Å². The zero-order valence-electron chi connectivity index (χ0n) is 15.7. The molecule has 2 heteroatoms. The molecule has 2 atom stereocenters. The van der Waals surface area contributed by atoms with Crippen molar-refractivity contribution in [2.75, 3.05) is 0 Å². The molecule has 136 valence electrons. The fraction of sp³-hybridized carbons (Fsp3) is 0.320. The summed E-state index contributed by atoms with van der Waals surface area (Å²) in [7, 11) is 0. The Labute approximate surface area is 161 Å². The van der Waals surface area contributed by atoms with Crippen molar-refractivity contribution < 1.29 is 0 Å². The molecule has 3 aromatic carbocycles. The van der Waals surface area contributed by atoms with Crippen LogP contribution in [0, 0.1) is 0 Å². The number of hydrogen-bond acceptors (Lipinski definition) is 2. The highest BCUT2D eigenvalue weighted by molar-refractivity contribution is 6.01. The molecule has 0 bridgehead atoms. The lowest BCUT2D eigenvalue weighted by Crippen LogP contribution is -2.37. The van der Waals surface area contributed by atoms with Gasteiger partial charge >= 0.3 is 0 Å². The van der Waals surface area contributed by atoms with Crippen LogP contribution in [0.25, 0.3) is 10.8 Å². The molecule has 0 spiro atoms. The van der Waals surface area contributed by atoms with E-state index >= 15 is 0 Å². The molecule has 0 unspecified atom stereocenters. The lowest BCUT2D eigenvalue weighted by molar-refractivity contribution is 0.385. The monoisotopic (exact) mass is 354 g/mol. The minimum absolute atomic E-state index is 0.486. The Kier molecular flexibility index (Phi) is 4.41. The van der Waals surface area contributed by atoms with Crippen molar-refractivity contribution in [3.8, 4) is 0 Å². The second kappa shape index (κ2) is 7.19. The van der Waals surface area contributed by atoms with E-state index in [0.29, 0.717) is 12.1 Å². The normalized spacial score (nSPS) is 21.6. The van der Waals surface area contributed by atoms with Gasteiger partial charge < -0.3 is 5.32 Å². The van der Waals surface area contributed by atoms with Crippen LogP contribution in [0.5, 0.6) is 0 Å². The minimum atomic E-state index is 0.486. The summed E-state index contributed by atoms with van der Waals surface area (Å²) in [5.41, 5.74) is 4.13. The molecular weight excluding hydrogens is 328 g/mol. The van der Waals surface area contributed by atoms with Gasteiger partial charge in [0.05, 0.1) is 6.04 Å². The topological polar surface area (TPSA) is 24.4 Å². The summed E-state index contributed by atoms with van der Waals surface area (Å²) in [5.74, 6) is 1.13. The van der Waals surface area contributed by atoms with Gasteiger partial charge in [0.25, 0.3) is 0 Å². The second-order valence-corrected chi connectivity index (χ2v) is 7.88. The van der Waals surface area contributed by atoms with Gasteiger partial charge in [-0.1, -0.05) is 79.6 Å². The summed E-state index contributed by atoms with van der Waals surface area (Å²) in [6.07, 6.45) is 7.25. The summed E-state index contributed by atoms with van der Waals surface area (Å²) in [5, 5.41) is 6.43. The molecule has 0 radical (unpaired) electrons.